The summed E-state index contributed by atoms with van der Waals surface area (Å²) in [6, 6.07) is 6.48. The van der Waals surface area contributed by atoms with Crippen molar-refractivity contribution in [2.24, 2.45) is 10.9 Å². The maximum absolute atomic E-state index is 12.3. The molecular weight excluding hydrogens is 418 g/mol. The van der Waals surface area contributed by atoms with Gasteiger partial charge in [-0.1, -0.05) is 12.8 Å². The van der Waals surface area contributed by atoms with E-state index < -0.39 is 0 Å². The van der Waals surface area contributed by atoms with E-state index in [-0.39, 0.29) is 18.0 Å². The fourth-order valence-electron chi connectivity index (χ4n) is 5.56. The normalized spacial score (nSPS) is 25.9. The molecule has 33 heavy (non-hydrogen) atoms. The number of rotatable bonds is 8. The Hall–Kier alpha value is -2.61. The van der Waals surface area contributed by atoms with Gasteiger partial charge in [-0.3, -0.25) is 20.2 Å². The van der Waals surface area contributed by atoms with E-state index in [1.54, 1.807) is 0 Å². The van der Waals surface area contributed by atoms with Gasteiger partial charge in [-0.2, -0.15) is 0 Å². The van der Waals surface area contributed by atoms with E-state index in [0.29, 0.717) is 38.1 Å². The average Bonchev–Trinajstić information content (AvgIpc) is 3.18. The molecule has 3 fully saturated rings. The summed E-state index contributed by atoms with van der Waals surface area (Å²) < 4.78 is 5.92. The summed E-state index contributed by atoms with van der Waals surface area (Å²) >= 11 is 0. The second kappa shape index (κ2) is 10.1. The summed E-state index contributed by atoms with van der Waals surface area (Å²) in [5.41, 5.74) is 1.95. The minimum absolute atomic E-state index is 0.0143. The molecule has 4 aliphatic rings. The molecule has 8 heteroatoms. The number of benzene rings is 1. The van der Waals surface area contributed by atoms with E-state index in [0.717, 1.165) is 48.6 Å². The summed E-state index contributed by atoms with van der Waals surface area (Å²) in [6.07, 6.45) is 11.1. The van der Waals surface area contributed by atoms with Gasteiger partial charge in [0, 0.05) is 24.6 Å². The van der Waals surface area contributed by atoms with Gasteiger partial charge in [0.15, 0.2) is 0 Å². The average molecular weight is 454 g/mol. The number of hydrogen-bond donors (Lipinski definition) is 3. The van der Waals surface area contributed by atoms with Crippen molar-refractivity contribution in [1.82, 2.24) is 20.9 Å². The number of aliphatic imine (C=N–C) groups is 1. The van der Waals surface area contributed by atoms with Gasteiger partial charge in [0.1, 0.15) is 12.3 Å². The Balaban J connectivity index is 0.972. The first kappa shape index (κ1) is 22.2. The summed E-state index contributed by atoms with van der Waals surface area (Å²) in [5, 5.41) is 9.64. The van der Waals surface area contributed by atoms with Crippen molar-refractivity contribution >= 4 is 23.5 Å². The molecule has 2 saturated heterocycles. The highest BCUT2D eigenvalue weighted by molar-refractivity contribution is 6.05. The molecule has 0 radical (unpaired) electrons. The maximum Gasteiger partial charge on any atom is 0.246 e. The third-order valence-electron chi connectivity index (χ3n) is 7.33. The lowest BCUT2D eigenvalue weighted by molar-refractivity contribution is -0.122. The van der Waals surface area contributed by atoms with Crippen molar-refractivity contribution < 1.29 is 14.3 Å². The number of nitrogens with zero attached hydrogens (tertiary/aromatic N) is 2. The molecule has 1 saturated carbocycles. The number of carbonyl (C=O) groups is 2. The zero-order valence-electron chi connectivity index (χ0n) is 19.3. The molecule has 8 nitrogen and oxygen atoms in total. The van der Waals surface area contributed by atoms with Crippen LogP contribution in [0.2, 0.25) is 0 Å². The van der Waals surface area contributed by atoms with Crippen molar-refractivity contribution in [2.45, 2.75) is 83.0 Å². The van der Waals surface area contributed by atoms with Crippen LogP contribution in [-0.4, -0.2) is 48.0 Å². The van der Waals surface area contributed by atoms with Crippen LogP contribution in [0.4, 0.5) is 5.69 Å². The van der Waals surface area contributed by atoms with Crippen LogP contribution >= 0.6 is 0 Å². The molecule has 0 bridgehead atoms. The van der Waals surface area contributed by atoms with Crippen LogP contribution in [-0.2, 0) is 16.1 Å². The summed E-state index contributed by atoms with van der Waals surface area (Å²) in [4.78, 5) is 30.4. The molecule has 1 aliphatic carbocycles. The van der Waals surface area contributed by atoms with Crippen molar-refractivity contribution in [3.63, 3.8) is 0 Å². The highest BCUT2D eigenvalue weighted by Gasteiger charge is 2.32. The lowest BCUT2D eigenvalue weighted by Crippen LogP contribution is -2.56. The first-order valence-corrected chi connectivity index (χ1v) is 12.6. The van der Waals surface area contributed by atoms with Gasteiger partial charge in [0.2, 0.25) is 17.8 Å². The van der Waals surface area contributed by atoms with Crippen molar-refractivity contribution in [3.05, 3.63) is 23.8 Å². The monoisotopic (exact) mass is 453 g/mol. The van der Waals surface area contributed by atoms with E-state index in [1.807, 2.05) is 23.1 Å². The zero-order valence-corrected chi connectivity index (χ0v) is 19.3. The Morgan fingerprint density at radius 1 is 1.12 bits per heavy atom. The highest BCUT2D eigenvalue weighted by atomic mass is 16.5. The van der Waals surface area contributed by atoms with Gasteiger partial charge in [0.25, 0.3) is 0 Å². The third kappa shape index (κ3) is 5.49. The van der Waals surface area contributed by atoms with Crippen LogP contribution in [0.3, 0.4) is 0 Å². The SMILES string of the molecule is O=C1CN2Cc3cc(OCCCCCC(=O)NC4CCC5CCCCC5N4)ccc3N=C2N1. The quantitative estimate of drug-likeness (QED) is 0.526. The molecule has 5 rings (SSSR count). The number of hydrogen-bond acceptors (Lipinski definition) is 6. The Bertz CT molecular complexity index is 917. The largest absolute Gasteiger partial charge is 0.494 e. The van der Waals surface area contributed by atoms with Gasteiger partial charge in [0.05, 0.1) is 18.5 Å². The van der Waals surface area contributed by atoms with Crippen LogP contribution in [0, 0.1) is 5.92 Å². The van der Waals surface area contributed by atoms with E-state index in [2.05, 4.69) is 20.9 Å². The molecule has 1 aromatic carbocycles. The summed E-state index contributed by atoms with van der Waals surface area (Å²) in [7, 11) is 0. The number of piperidine rings is 1. The fourth-order valence-corrected chi connectivity index (χ4v) is 5.56. The van der Waals surface area contributed by atoms with Crippen LogP contribution in [0.15, 0.2) is 23.2 Å². The molecule has 1 aromatic rings. The van der Waals surface area contributed by atoms with Gasteiger partial charge >= 0.3 is 0 Å². The lowest BCUT2D eigenvalue weighted by atomic mass is 9.79. The highest BCUT2D eigenvalue weighted by Crippen LogP contribution is 2.32. The van der Waals surface area contributed by atoms with Crippen LogP contribution in [0.25, 0.3) is 0 Å². The number of unbranched alkanes of at least 4 members (excludes halogenated alkanes) is 2. The second-order valence-corrected chi connectivity index (χ2v) is 9.80. The first-order valence-electron chi connectivity index (χ1n) is 12.6. The smallest absolute Gasteiger partial charge is 0.246 e. The van der Waals surface area contributed by atoms with E-state index in [4.69, 9.17) is 4.74 Å². The molecule has 3 atom stereocenters. The van der Waals surface area contributed by atoms with Crippen molar-refractivity contribution in [2.75, 3.05) is 13.2 Å². The number of carbonyl (C=O) groups excluding carboxylic acids is 2. The predicted octanol–water partition coefficient (Wildman–Crippen LogP) is 2.94. The van der Waals surface area contributed by atoms with Crippen LogP contribution in [0.5, 0.6) is 5.75 Å². The Kier molecular flexibility index (Phi) is 6.80. The van der Waals surface area contributed by atoms with Gasteiger partial charge in [-0.15, -0.1) is 0 Å². The predicted molar refractivity (Wildman–Crippen MR) is 126 cm³/mol. The molecular formula is C25H35N5O3. The number of guanidine groups is 1. The second-order valence-electron chi connectivity index (χ2n) is 9.80. The minimum atomic E-state index is -0.0143. The molecule has 3 aliphatic heterocycles. The number of fused-ring (bicyclic) bond motifs is 3. The van der Waals surface area contributed by atoms with Gasteiger partial charge in [-0.25, -0.2) is 4.99 Å². The Morgan fingerprint density at radius 2 is 2.03 bits per heavy atom. The molecule has 3 N–H and O–H groups in total. The van der Waals surface area contributed by atoms with Crippen LogP contribution < -0.4 is 20.7 Å². The Labute approximate surface area is 195 Å². The van der Waals surface area contributed by atoms with E-state index in [1.165, 1.54) is 32.1 Å². The van der Waals surface area contributed by atoms with Gasteiger partial charge < -0.3 is 15.0 Å². The summed E-state index contributed by atoms with van der Waals surface area (Å²) in [5.74, 6) is 2.43. The van der Waals surface area contributed by atoms with Crippen LogP contribution in [0.1, 0.15) is 69.8 Å². The maximum atomic E-state index is 12.3. The minimum Gasteiger partial charge on any atom is -0.494 e. The Morgan fingerprint density at radius 3 is 2.97 bits per heavy atom. The number of amides is 2. The first-order chi connectivity index (χ1) is 16.1. The lowest BCUT2D eigenvalue weighted by Gasteiger charge is -2.40. The van der Waals surface area contributed by atoms with Gasteiger partial charge in [-0.05, 0) is 69.1 Å². The third-order valence-corrected chi connectivity index (χ3v) is 7.33. The van der Waals surface area contributed by atoms with Crippen molar-refractivity contribution in [1.29, 1.82) is 0 Å². The summed E-state index contributed by atoms with van der Waals surface area (Å²) in [6.45, 7) is 1.65. The molecule has 2 amide bonds. The molecule has 0 aromatic heterocycles. The van der Waals surface area contributed by atoms with Crippen molar-refractivity contribution in [3.8, 4) is 5.75 Å². The van der Waals surface area contributed by atoms with E-state index >= 15 is 0 Å². The topological polar surface area (TPSA) is 95.1 Å². The molecule has 178 valence electrons. The molecule has 0 spiro atoms. The molecule has 3 heterocycles. The number of nitrogens with one attached hydrogen (secondary N) is 3. The standard InChI is InChI=1S/C25H35N5O3/c31-23(28-22-12-9-17-6-3-4-7-20(17)26-22)8-2-1-5-13-33-19-10-11-21-18(14-19)15-30-16-24(32)29-25(30)27-21/h10-11,14,17,20,22,26H,1-9,12-13,15-16H2,(H,28,31)(H,27,29,32). The number of ether oxygens (including phenoxy) is 1. The molecule has 3 unspecified atom stereocenters. The van der Waals surface area contributed by atoms with E-state index in [9.17, 15) is 9.59 Å². The fraction of sp³-hybridized carbons (Fsp3) is 0.640. The zero-order chi connectivity index (χ0) is 22.6.